The number of hydrogen-bond donors (Lipinski definition) is 2. The Kier molecular flexibility index (Phi) is 8.32. The molecule has 0 aliphatic rings. The summed E-state index contributed by atoms with van der Waals surface area (Å²) in [6.45, 7) is 2.03. The van der Waals surface area contributed by atoms with Gasteiger partial charge in [0.05, 0.1) is 36.8 Å². The molecule has 0 aliphatic carbocycles. The lowest BCUT2D eigenvalue weighted by Crippen LogP contribution is -2.34. The first-order valence-corrected chi connectivity index (χ1v) is 12.5. The number of carbonyl (C=O) groups is 1. The summed E-state index contributed by atoms with van der Waals surface area (Å²) in [4.78, 5) is 12.5. The highest BCUT2D eigenvalue weighted by Crippen LogP contribution is 2.34. The second kappa shape index (κ2) is 11.8. The number of aryl methyl sites for hydroxylation is 1. The van der Waals surface area contributed by atoms with Crippen LogP contribution in [0.4, 0.5) is 0 Å². The van der Waals surface area contributed by atoms with Gasteiger partial charge in [0.25, 0.3) is 11.7 Å². The molecular formula is C26H24ClN5O4S. The molecule has 4 rings (SSSR count). The zero-order valence-corrected chi connectivity index (χ0v) is 21.9. The van der Waals surface area contributed by atoms with Crippen molar-refractivity contribution in [3.8, 4) is 34.3 Å². The molecule has 0 fully saturated rings. The topological polar surface area (TPSA) is 116 Å². The summed E-state index contributed by atoms with van der Waals surface area (Å²) in [6.07, 6.45) is 1.41. The van der Waals surface area contributed by atoms with Crippen molar-refractivity contribution in [2.75, 3.05) is 20.0 Å². The number of hydrogen-bond acceptors (Lipinski definition) is 7. The second-order valence-corrected chi connectivity index (χ2v) is 9.25. The van der Waals surface area contributed by atoms with E-state index in [0.29, 0.717) is 15.7 Å². The molecule has 0 bridgehead atoms. The van der Waals surface area contributed by atoms with E-state index >= 15 is 0 Å². The number of thioether (sulfide) groups is 1. The number of ether oxygens (including phenoxy) is 2. The van der Waals surface area contributed by atoms with Crippen LogP contribution >= 0.6 is 23.4 Å². The standard InChI is InChI=1S/C26H24ClN5O4S/c1-16-4-6-18(7-5-16)25-30-31-26(32(25)20-10-8-19(27)9-11-20)37-15-23(33)29-28-14-17-12-21(35-2)24(34)22(13-17)36-3/h4-14H,15H2,1-3H3,(H2,28,29,33,34). The van der Waals surface area contributed by atoms with E-state index in [9.17, 15) is 9.90 Å². The average molecular weight is 538 g/mol. The lowest BCUT2D eigenvalue weighted by molar-refractivity contribution is -0.625. The van der Waals surface area contributed by atoms with Gasteiger partial charge in [-0.25, -0.2) is 5.43 Å². The molecule has 9 nitrogen and oxygen atoms in total. The third-order valence-electron chi connectivity index (χ3n) is 5.30. The van der Waals surface area contributed by atoms with Gasteiger partial charge in [-0.15, -0.1) is 5.10 Å². The van der Waals surface area contributed by atoms with Gasteiger partial charge in [-0.1, -0.05) is 29.3 Å². The molecule has 11 heteroatoms. The van der Waals surface area contributed by atoms with Crippen molar-refractivity contribution in [1.29, 1.82) is 0 Å². The highest BCUT2D eigenvalue weighted by Gasteiger charge is 2.24. The van der Waals surface area contributed by atoms with Crippen LogP contribution in [0.1, 0.15) is 11.1 Å². The first-order chi connectivity index (χ1) is 17.9. The molecule has 0 spiro atoms. The number of hydrazone groups is 1. The molecule has 0 radical (unpaired) electrons. The van der Waals surface area contributed by atoms with Crippen molar-refractivity contribution < 1.29 is 23.9 Å². The first-order valence-electron chi connectivity index (χ1n) is 11.1. The van der Waals surface area contributed by atoms with Crippen LogP contribution in [0, 0.1) is 6.92 Å². The number of halogens is 1. The molecule has 190 valence electrons. The summed E-state index contributed by atoms with van der Waals surface area (Å²) in [5, 5.41) is 24.8. The van der Waals surface area contributed by atoms with Crippen LogP contribution in [-0.2, 0) is 4.79 Å². The van der Waals surface area contributed by atoms with E-state index < -0.39 is 0 Å². The Hall–Kier alpha value is -4.02. The van der Waals surface area contributed by atoms with Crippen molar-refractivity contribution in [2.45, 2.75) is 12.1 Å². The number of rotatable bonds is 9. The number of carbonyl (C=O) groups excluding carboxylic acids is 1. The highest BCUT2D eigenvalue weighted by atomic mass is 35.5. The van der Waals surface area contributed by atoms with Crippen molar-refractivity contribution in [1.82, 2.24) is 15.6 Å². The van der Waals surface area contributed by atoms with Gasteiger partial charge in [-0.2, -0.15) is 9.67 Å². The third kappa shape index (κ3) is 6.22. The van der Waals surface area contributed by atoms with Crippen LogP contribution < -0.4 is 24.6 Å². The maximum absolute atomic E-state index is 12.5. The molecule has 1 amide bonds. The fraction of sp³-hybridized carbons (Fsp3) is 0.154. The number of nitrogens with zero attached hydrogens (tertiary/aromatic N) is 3. The van der Waals surface area contributed by atoms with Crippen molar-refractivity contribution in [3.05, 3.63) is 76.8 Å². The largest absolute Gasteiger partial charge is 0.867 e. The number of benzene rings is 3. The third-order valence-corrected chi connectivity index (χ3v) is 6.49. The minimum absolute atomic E-state index is 0.0647. The number of methoxy groups -OCH3 is 2. The second-order valence-electron chi connectivity index (χ2n) is 7.87. The average Bonchev–Trinajstić information content (AvgIpc) is 3.33. The molecule has 1 aromatic heterocycles. The van der Waals surface area contributed by atoms with E-state index in [4.69, 9.17) is 21.1 Å². The Balaban J connectivity index is 1.49. The predicted molar refractivity (Wildman–Crippen MR) is 141 cm³/mol. The predicted octanol–water partition coefficient (Wildman–Crippen LogP) is 3.65. The molecule has 3 aromatic carbocycles. The molecule has 4 aromatic rings. The molecular weight excluding hydrogens is 514 g/mol. The van der Waals surface area contributed by atoms with Crippen LogP contribution in [0.2, 0.25) is 5.02 Å². The van der Waals surface area contributed by atoms with E-state index in [0.717, 1.165) is 22.6 Å². The Morgan fingerprint density at radius 3 is 2.41 bits per heavy atom. The van der Waals surface area contributed by atoms with Crippen molar-refractivity contribution >= 4 is 35.5 Å². The zero-order chi connectivity index (χ0) is 26.4. The Morgan fingerprint density at radius 2 is 1.78 bits per heavy atom. The minimum atomic E-state index is -0.361. The fourth-order valence-electron chi connectivity index (χ4n) is 3.44. The molecule has 0 saturated carbocycles. The van der Waals surface area contributed by atoms with E-state index in [1.807, 2.05) is 47.9 Å². The van der Waals surface area contributed by atoms with E-state index in [-0.39, 0.29) is 28.9 Å². The Morgan fingerprint density at radius 1 is 1.14 bits per heavy atom. The maximum atomic E-state index is 12.5. The molecule has 2 N–H and O–H groups in total. The minimum Gasteiger partial charge on any atom is -0.867 e. The fourth-order valence-corrected chi connectivity index (χ4v) is 4.33. The van der Waals surface area contributed by atoms with Gasteiger partial charge in [-0.3, -0.25) is 4.79 Å². The molecule has 0 atom stereocenters. The number of amides is 1. The summed E-state index contributed by atoms with van der Waals surface area (Å²) < 4.78 is 12.1. The normalized spacial score (nSPS) is 11.0. The molecule has 37 heavy (non-hydrogen) atoms. The SMILES string of the molecule is COc1cc(C=NNC(=O)CSc2n[nH]c(-c3ccc(C)cc3)[n+]2-c2ccc(Cl)cc2)cc(OC)c1[O-]. The quantitative estimate of drug-likeness (QED) is 0.146. The van der Waals surface area contributed by atoms with E-state index in [1.165, 1.54) is 44.3 Å². The Labute approximate surface area is 223 Å². The number of aromatic amines is 1. The van der Waals surface area contributed by atoms with Gasteiger partial charge < -0.3 is 14.6 Å². The highest BCUT2D eigenvalue weighted by molar-refractivity contribution is 7.99. The van der Waals surface area contributed by atoms with Gasteiger partial charge in [0.15, 0.2) is 0 Å². The van der Waals surface area contributed by atoms with Crippen LogP contribution in [-0.4, -0.2) is 42.3 Å². The Bertz CT molecular complexity index is 1400. The van der Waals surface area contributed by atoms with Gasteiger partial charge >= 0.3 is 5.16 Å². The monoisotopic (exact) mass is 537 g/mol. The van der Waals surface area contributed by atoms with Crippen LogP contribution in [0.5, 0.6) is 17.2 Å². The maximum Gasteiger partial charge on any atom is 0.342 e. The lowest BCUT2D eigenvalue weighted by Gasteiger charge is -2.17. The molecule has 0 saturated heterocycles. The lowest BCUT2D eigenvalue weighted by atomic mass is 10.1. The first kappa shape index (κ1) is 26.1. The number of nitrogens with one attached hydrogen (secondary N) is 2. The summed E-state index contributed by atoms with van der Waals surface area (Å²) in [6, 6.07) is 18.5. The van der Waals surface area contributed by atoms with Gasteiger partial charge in [0, 0.05) is 10.6 Å². The van der Waals surface area contributed by atoms with Gasteiger partial charge in [0.1, 0.15) is 17.2 Å². The summed E-state index contributed by atoms with van der Waals surface area (Å²) >= 11 is 7.34. The summed E-state index contributed by atoms with van der Waals surface area (Å²) in [5.41, 5.74) is 5.97. The number of aromatic nitrogens is 3. The molecule has 0 aliphatic heterocycles. The van der Waals surface area contributed by atoms with E-state index in [1.54, 1.807) is 12.1 Å². The van der Waals surface area contributed by atoms with Crippen LogP contribution in [0.15, 0.2) is 70.9 Å². The van der Waals surface area contributed by atoms with Crippen molar-refractivity contribution in [3.63, 3.8) is 0 Å². The van der Waals surface area contributed by atoms with E-state index in [2.05, 4.69) is 20.7 Å². The molecule has 1 heterocycles. The summed E-state index contributed by atoms with van der Waals surface area (Å²) in [7, 11) is 2.79. The van der Waals surface area contributed by atoms with Crippen molar-refractivity contribution in [2.24, 2.45) is 5.10 Å². The van der Waals surface area contributed by atoms with Gasteiger partial charge in [0.2, 0.25) is 0 Å². The smallest absolute Gasteiger partial charge is 0.342 e. The van der Waals surface area contributed by atoms with Gasteiger partial charge in [-0.05, 0) is 73.0 Å². The van der Waals surface area contributed by atoms with Crippen LogP contribution in [0.25, 0.3) is 17.1 Å². The molecule has 0 unspecified atom stereocenters. The summed E-state index contributed by atoms with van der Waals surface area (Å²) in [5.74, 6) is 0.390. The zero-order valence-electron chi connectivity index (χ0n) is 20.3. The number of H-pyrrole nitrogens is 1. The van der Waals surface area contributed by atoms with Crippen LogP contribution in [0.3, 0.4) is 0 Å².